The van der Waals surface area contributed by atoms with Crippen LogP contribution in [0.25, 0.3) is 0 Å². The summed E-state index contributed by atoms with van der Waals surface area (Å²) in [5.41, 5.74) is 0.789. The number of hydrogen-bond acceptors (Lipinski definition) is 2. The highest BCUT2D eigenvalue weighted by atomic mass is 16.4. The summed E-state index contributed by atoms with van der Waals surface area (Å²) in [6, 6.07) is 8.92. The van der Waals surface area contributed by atoms with E-state index in [1.54, 1.807) is 24.3 Å². The van der Waals surface area contributed by atoms with Gasteiger partial charge in [0.2, 0.25) is 0 Å². The summed E-state index contributed by atoms with van der Waals surface area (Å²) >= 11 is 0. The molecule has 1 aromatic carbocycles. The van der Waals surface area contributed by atoms with Crippen LogP contribution in [0.5, 0.6) is 0 Å². The minimum Gasteiger partial charge on any atom is -0.481 e. The predicted molar refractivity (Wildman–Crippen MR) is 51.4 cm³/mol. The van der Waals surface area contributed by atoms with E-state index in [4.69, 9.17) is 10.2 Å². The van der Waals surface area contributed by atoms with E-state index >= 15 is 0 Å². The molecule has 78 valence electrons. The summed E-state index contributed by atoms with van der Waals surface area (Å²) in [4.78, 5) is 21.6. The molecule has 4 heteroatoms. The van der Waals surface area contributed by atoms with Crippen LogP contribution in [0, 0.1) is 11.8 Å². The van der Waals surface area contributed by atoms with Crippen molar-refractivity contribution < 1.29 is 19.8 Å². The van der Waals surface area contributed by atoms with Crippen LogP contribution in [-0.2, 0) is 9.59 Å². The standard InChI is InChI=1S/C11H10O4/c12-10(13)8-7(9(8)11(14)15)6-4-2-1-3-5-6/h1-5,7-9H,(H,12,13)(H,14,15)/t7?,8-,9+. The molecule has 4 nitrogen and oxygen atoms in total. The smallest absolute Gasteiger partial charge is 0.308 e. The third-order valence-electron chi connectivity index (χ3n) is 2.77. The second-order valence-corrected chi connectivity index (χ2v) is 3.66. The maximum Gasteiger partial charge on any atom is 0.308 e. The van der Waals surface area contributed by atoms with Gasteiger partial charge in [-0.05, 0) is 5.56 Å². The van der Waals surface area contributed by atoms with E-state index in [-0.39, 0.29) is 5.92 Å². The zero-order valence-electron chi connectivity index (χ0n) is 7.83. The highest BCUT2D eigenvalue weighted by Gasteiger charge is 2.60. The Labute approximate surface area is 86.2 Å². The number of hydrogen-bond donors (Lipinski definition) is 2. The lowest BCUT2D eigenvalue weighted by molar-refractivity contribution is -0.144. The number of carboxylic acid groups (broad SMARTS) is 2. The van der Waals surface area contributed by atoms with Crippen LogP contribution < -0.4 is 0 Å². The minimum atomic E-state index is -1.03. The quantitative estimate of drug-likeness (QED) is 0.778. The third kappa shape index (κ3) is 1.58. The molecule has 0 bridgehead atoms. The van der Waals surface area contributed by atoms with Crippen LogP contribution in [-0.4, -0.2) is 22.2 Å². The topological polar surface area (TPSA) is 74.6 Å². The van der Waals surface area contributed by atoms with Gasteiger partial charge in [-0.2, -0.15) is 0 Å². The van der Waals surface area contributed by atoms with Gasteiger partial charge in [-0.15, -0.1) is 0 Å². The summed E-state index contributed by atoms with van der Waals surface area (Å²) < 4.78 is 0. The molecule has 1 fully saturated rings. The summed E-state index contributed by atoms with van der Waals surface area (Å²) in [6.45, 7) is 0. The molecule has 0 spiro atoms. The molecule has 1 aliphatic rings. The molecule has 0 heterocycles. The van der Waals surface area contributed by atoms with Gasteiger partial charge in [0.05, 0.1) is 11.8 Å². The highest BCUT2D eigenvalue weighted by Crippen LogP contribution is 2.54. The molecule has 1 aromatic rings. The Hall–Kier alpha value is -1.84. The summed E-state index contributed by atoms with van der Waals surface area (Å²) in [5.74, 6) is -3.98. The van der Waals surface area contributed by atoms with Crippen molar-refractivity contribution in [1.29, 1.82) is 0 Å². The second-order valence-electron chi connectivity index (χ2n) is 3.66. The van der Waals surface area contributed by atoms with Crippen molar-refractivity contribution in [3.63, 3.8) is 0 Å². The Bertz CT molecular complexity index is 378. The van der Waals surface area contributed by atoms with Crippen LogP contribution in [0.4, 0.5) is 0 Å². The van der Waals surface area contributed by atoms with Crippen molar-refractivity contribution in [2.45, 2.75) is 5.92 Å². The number of aliphatic carboxylic acids is 2. The molecule has 0 saturated heterocycles. The fraction of sp³-hybridized carbons (Fsp3) is 0.273. The minimum absolute atomic E-state index is 0.374. The Morgan fingerprint density at radius 2 is 1.40 bits per heavy atom. The Balaban J connectivity index is 2.25. The normalized spacial score (nSPS) is 28.4. The molecule has 0 aliphatic heterocycles. The molecule has 0 radical (unpaired) electrons. The predicted octanol–water partition coefficient (Wildman–Crippen LogP) is 1.19. The van der Waals surface area contributed by atoms with Crippen LogP contribution in [0.2, 0.25) is 0 Å². The van der Waals surface area contributed by atoms with Gasteiger partial charge in [-0.3, -0.25) is 9.59 Å². The Morgan fingerprint density at radius 3 is 1.80 bits per heavy atom. The Kier molecular flexibility index (Phi) is 2.19. The van der Waals surface area contributed by atoms with Crippen molar-refractivity contribution in [1.82, 2.24) is 0 Å². The van der Waals surface area contributed by atoms with E-state index in [9.17, 15) is 9.59 Å². The zero-order valence-corrected chi connectivity index (χ0v) is 7.83. The third-order valence-corrected chi connectivity index (χ3v) is 2.77. The number of rotatable bonds is 3. The first kappa shape index (κ1) is 9.71. The molecule has 1 aliphatic carbocycles. The van der Waals surface area contributed by atoms with Crippen molar-refractivity contribution in [3.8, 4) is 0 Å². The van der Waals surface area contributed by atoms with E-state index < -0.39 is 23.8 Å². The van der Waals surface area contributed by atoms with Gasteiger partial charge >= 0.3 is 11.9 Å². The Morgan fingerprint density at radius 1 is 0.933 bits per heavy atom. The molecule has 3 atom stereocenters. The van der Waals surface area contributed by atoms with Crippen LogP contribution in [0.3, 0.4) is 0 Å². The van der Waals surface area contributed by atoms with Crippen molar-refractivity contribution in [3.05, 3.63) is 35.9 Å². The zero-order chi connectivity index (χ0) is 11.0. The molecular formula is C11H10O4. The molecule has 0 amide bonds. The van der Waals surface area contributed by atoms with E-state index in [0.717, 1.165) is 5.56 Å². The first-order valence-corrected chi connectivity index (χ1v) is 4.63. The van der Waals surface area contributed by atoms with E-state index in [1.807, 2.05) is 6.07 Å². The van der Waals surface area contributed by atoms with Gasteiger partial charge in [0, 0.05) is 5.92 Å². The van der Waals surface area contributed by atoms with Crippen LogP contribution >= 0.6 is 0 Å². The van der Waals surface area contributed by atoms with E-state index in [2.05, 4.69) is 0 Å². The second kappa shape index (κ2) is 3.38. The van der Waals surface area contributed by atoms with Crippen molar-refractivity contribution in [2.75, 3.05) is 0 Å². The van der Waals surface area contributed by atoms with Crippen molar-refractivity contribution in [2.24, 2.45) is 11.8 Å². The first-order chi connectivity index (χ1) is 7.13. The maximum atomic E-state index is 10.8. The van der Waals surface area contributed by atoms with Crippen LogP contribution in [0.15, 0.2) is 30.3 Å². The lowest BCUT2D eigenvalue weighted by Crippen LogP contribution is -2.05. The van der Waals surface area contributed by atoms with E-state index in [1.165, 1.54) is 0 Å². The number of benzene rings is 1. The monoisotopic (exact) mass is 206 g/mol. The van der Waals surface area contributed by atoms with Gasteiger partial charge in [-0.25, -0.2) is 0 Å². The van der Waals surface area contributed by atoms with Gasteiger partial charge in [0.1, 0.15) is 0 Å². The largest absolute Gasteiger partial charge is 0.481 e. The van der Waals surface area contributed by atoms with Crippen molar-refractivity contribution >= 4 is 11.9 Å². The summed E-state index contributed by atoms with van der Waals surface area (Å²) in [7, 11) is 0. The first-order valence-electron chi connectivity index (χ1n) is 4.63. The number of carboxylic acids is 2. The molecule has 15 heavy (non-hydrogen) atoms. The lowest BCUT2D eigenvalue weighted by atomic mass is 10.1. The SMILES string of the molecule is O=C(O)[C@@H]1C(c2ccccc2)[C@@H]1C(=O)O. The maximum absolute atomic E-state index is 10.8. The highest BCUT2D eigenvalue weighted by molar-refractivity contribution is 5.88. The fourth-order valence-corrected chi connectivity index (χ4v) is 2.02. The van der Waals surface area contributed by atoms with Gasteiger partial charge in [0.15, 0.2) is 0 Å². The molecule has 2 rings (SSSR count). The fourth-order valence-electron chi connectivity index (χ4n) is 2.02. The lowest BCUT2D eigenvalue weighted by Gasteiger charge is -1.96. The van der Waals surface area contributed by atoms with Crippen LogP contribution in [0.1, 0.15) is 11.5 Å². The molecule has 2 N–H and O–H groups in total. The van der Waals surface area contributed by atoms with Gasteiger partial charge in [0.25, 0.3) is 0 Å². The van der Waals surface area contributed by atoms with Gasteiger partial charge < -0.3 is 10.2 Å². The average molecular weight is 206 g/mol. The summed E-state index contributed by atoms with van der Waals surface area (Å²) in [6.07, 6.45) is 0. The average Bonchev–Trinajstić information content (AvgIpc) is 2.94. The van der Waals surface area contributed by atoms with E-state index in [0.29, 0.717) is 0 Å². The summed E-state index contributed by atoms with van der Waals surface area (Å²) in [5, 5.41) is 17.7. The molecule has 1 unspecified atom stereocenters. The number of carbonyl (C=O) groups is 2. The molecule has 0 aromatic heterocycles. The van der Waals surface area contributed by atoms with Gasteiger partial charge in [-0.1, -0.05) is 30.3 Å². The molecular weight excluding hydrogens is 196 g/mol. The molecule has 1 saturated carbocycles.